The lowest BCUT2D eigenvalue weighted by molar-refractivity contribution is -0.123. The predicted molar refractivity (Wildman–Crippen MR) is 81.0 cm³/mol. The molecular weight excluding hydrogens is 268 g/mol. The van der Waals surface area contributed by atoms with Crippen LogP contribution < -0.4 is 10.6 Å². The maximum Gasteiger partial charge on any atom is 0.222 e. The van der Waals surface area contributed by atoms with Crippen LogP contribution in [-0.2, 0) is 16.6 Å². The summed E-state index contributed by atoms with van der Waals surface area (Å²) >= 11 is 0. The summed E-state index contributed by atoms with van der Waals surface area (Å²) < 4.78 is 7.57. The topological polar surface area (TPSA) is 68.2 Å². The Morgan fingerprint density at radius 2 is 2.29 bits per heavy atom. The highest BCUT2D eigenvalue weighted by Gasteiger charge is 2.16. The van der Waals surface area contributed by atoms with Gasteiger partial charge < -0.3 is 15.4 Å². The van der Waals surface area contributed by atoms with Crippen LogP contribution in [0.25, 0.3) is 0 Å². The summed E-state index contributed by atoms with van der Waals surface area (Å²) in [6.07, 6.45) is 4.59. The van der Waals surface area contributed by atoms with Crippen molar-refractivity contribution in [3.8, 4) is 0 Å². The highest BCUT2D eigenvalue weighted by Crippen LogP contribution is 2.16. The predicted octanol–water partition coefficient (Wildman–Crippen LogP) is 1.06. The van der Waals surface area contributed by atoms with Gasteiger partial charge >= 0.3 is 0 Å². The molecule has 1 aliphatic rings. The average Bonchev–Trinajstić information content (AvgIpc) is 2.80. The number of piperidine rings is 1. The first kappa shape index (κ1) is 16.0. The van der Waals surface area contributed by atoms with Gasteiger partial charge in [-0.2, -0.15) is 5.10 Å². The van der Waals surface area contributed by atoms with Crippen LogP contribution in [0.15, 0.2) is 6.20 Å². The summed E-state index contributed by atoms with van der Waals surface area (Å²) in [7, 11) is 1.90. The maximum atomic E-state index is 12.0. The summed E-state index contributed by atoms with van der Waals surface area (Å²) in [4.78, 5) is 12.0. The molecule has 0 spiro atoms. The number of nitrogens with zero attached hydrogens (tertiary/aromatic N) is 2. The number of aryl methyl sites for hydroxylation is 1. The number of hydrogen-bond donors (Lipinski definition) is 2. The van der Waals surface area contributed by atoms with Crippen LogP contribution in [0, 0.1) is 6.92 Å². The van der Waals surface area contributed by atoms with Crippen LogP contribution in [0.1, 0.15) is 43.5 Å². The van der Waals surface area contributed by atoms with Crippen LogP contribution in [-0.4, -0.2) is 41.5 Å². The van der Waals surface area contributed by atoms with Crippen molar-refractivity contribution in [2.45, 2.75) is 45.3 Å². The van der Waals surface area contributed by atoms with Crippen molar-refractivity contribution in [2.75, 3.05) is 19.7 Å². The summed E-state index contributed by atoms with van der Waals surface area (Å²) in [5.74, 6) is 0.0275. The lowest BCUT2D eigenvalue weighted by Crippen LogP contribution is -2.33. The summed E-state index contributed by atoms with van der Waals surface area (Å²) in [5.41, 5.74) is 2.14. The zero-order valence-corrected chi connectivity index (χ0v) is 13.2. The van der Waals surface area contributed by atoms with Gasteiger partial charge in [0.25, 0.3) is 0 Å². The van der Waals surface area contributed by atoms with E-state index < -0.39 is 0 Å². The Balaban J connectivity index is 1.70. The molecule has 0 bridgehead atoms. The fourth-order valence-electron chi connectivity index (χ4n) is 2.61. The standard InChI is InChI=1S/C15H26N4O2/c1-11(14-10-17-19(3)12(14)2)18-15(20)6-9-21-13-4-7-16-8-5-13/h10-11,13,16H,4-9H2,1-3H3,(H,18,20). The van der Waals surface area contributed by atoms with E-state index in [1.54, 1.807) is 0 Å². The van der Waals surface area contributed by atoms with E-state index in [9.17, 15) is 4.79 Å². The SMILES string of the molecule is Cc1c(C(C)NC(=O)CCOC2CCNCC2)cnn1C. The van der Waals surface area contributed by atoms with Crippen LogP contribution in [0.2, 0.25) is 0 Å². The molecule has 2 rings (SSSR count). The number of amides is 1. The van der Waals surface area contributed by atoms with Crippen molar-refractivity contribution in [1.82, 2.24) is 20.4 Å². The van der Waals surface area contributed by atoms with Crippen LogP contribution in [0.4, 0.5) is 0 Å². The fourth-order valence-corrected chi connectivity index (χ4v) is 2.61. The third kappa shape index (κ3) is 4.54. The normalized spacial score (nSPS) is 17.7. The van der Waals surface area contributed by atoms with E-state index in [0.717, 1.165) is 37.2 Å². The molecule has 21 heavy (non-hydrogen) atoms. The molecule has 1 fully saturated rings. The van der Waals surface area contributed by atoms with Crippen LogP contribution >= 0.6 is 0 Å². The molecule has 6 heteroatoms. The quantitative estimate of drug-likeness (QED) is 0.823. The molecule has 6 nitrogen and oxygen atoms in total. The number of carbonyl (C=O) groups is 1. The summed E-state index contributed by atoms with van der Waals surface area (Å²) in [6, 6.07) is -0.0231. The van der Waals surface area contributed by atoms with Gasteiger partial charge in [-0.3, -0.25) is 9.48 Å². The van der Waals surface area contributed by atoms with E-state index in [2.05, 4.69) is 15.7 Å². The van der Waals surface area contributed by atoms with Gasteiger partial charge in [-0.05, 0) is 39.8 Å². The van der Waals surface area contributed by atoms with Crippen molar-refractivity contribution in [3.05, 3.63) is 17.5 Å². The minimum Gasteiger partial charge on any atom is -0.378 e. The first-order valence-corrected chi connectivity index (χ1v) is 7.68. The fraction of sp³-hybridized carbons (Fsp3) is 0.733. The molecule has 1 atom stereocenters. The van der Waals surface area contributed by atoms with Gasteiger partial charge in [0.2, 0.25) is 5.91 Å². The second-order valence-electron chi connectivity index (χ2n) is 5.67. The number of hydrogen-bond acceptors (Lipinski definition) is 4. The Morgan fingerprint density at radius 3 is 2.90 bits per heavy atom. The van der Waals surface area contributed by atoms with Crippen molar-refractivity contribution >= 4 is 5.91 Å². The zero-order chi connectivity index (χ0) is 15.2. The first-order chi connectivity index (χ1) is 10.1. The van der Waals surface area contributed by atoms with Gasteiger partial charge in [0.15, 0.2) is 0 Å². The zero-order valence-electron chi connectivity index (χ0n) is 13.2. The molecule has 0 radical (unpaired) electrons. The highest BCUT2D eigenvalue weighted by molar-refractivity contribution is 5.76. The minimum absolute atomic E-state index is 0.0231. The lowest BCUT2D eigenvalue weighted by Gasteiger charge is -2.23. The molecule has 2 N–H and O–H groups in total. The van der Waals surface area contributed by atoms with E-state index in [0.29, 0.717) is 19.1 Å². The Kier molecular flexibility index (Phi) is 5.76. The highest BCUT2D eigenvalue weighted by atomic mass is 16.5. The van der Waals surface area contributed by atoms with E-state index in [4.69, 9.17) is 4.74 Å². The molecule has 1 aliphatic heterocycles. The van der Waals surface area contributed by atoms with Gasteiger partial charge in [0.05, 0.1) is 24.9 Å². The molecule has 0 aliphatic carbocycles. The molecule has 1 unspecified atom stereocenters. The molecule has 0 saturated carbocycles. The van der Waals surface area contributed by atoms with E-state index in [-0.39, 0.29) is 11.9 Å². The number of ether oxygens (including phenoxy) is 1. The summed E-state index contributed by atoms with van der Waals surface area (Å²) in [5, 5.41) is 10.5. The second kappa shape index (κ2) is 7.56. The third-order valence-corrected chi connectivity index (χ3v) is 4.09. The van der Waals surface area contributed by atoms with Gasteiger partial charge in [-0.1, -0.05) is 0 Å². The van der Waals surface area contributed by atoms with Gasteiger partial charge in [0, 0.05) is 24.7 Å². The second-order valence-corrected chi connectivity index (χ2v) is 5.67. The van der Waals surface area contributed by atoms with Crippen molar-refractivity contribution in [2.24, 2.45) is 7.05 Å². The average molecular weight is 294 g/mol. The Bertz CT molecular complexity index is 466. The third-order valence-electron chi connectivity index (χ3n) is 4.09. The Hall–Kier alpha value is -1.40. The smallest absolute Gasteiger partial charge is 0.222 e. The van der Waals surface area contributed by atoms with Crippen LogP contribution in [0.5, 0.6) is 0 Å². The van der Waals surface area contributed by atoms with E-state index in [1.807, 2.05) is 31.8 Å². The number of rotatable bonds is 6. The summed E-state index contributed by atoms with van der Waals surface area (Å²) in [6.45, 7) is 6.50. The first-order valence-electron chi connectivity index (χ1n) is 7.68. The van der Waals surface area contributed by atoms with Crippen molar-refractivity contribution in [1.29, 1.82) is 0 Å². The number of nitrogens with one attached hydrogen (secondary N) is 2. The molecule has 1 aromatic heterocycles. The van der Waals surface area contributed by atoms with E-state index >= 15 is 0 Å². The molecule has 0 aromatic carbocycles. The molecular formula is C15H26N4O2. The lowest BCUT2D eigenvalue weighted by atomic mass is 10.1. The van der Waals surface area contributed by atoms with Gasteiger partial charge in [-0.15, -0.1) is 0 Å². The molecule has 2 heterocycles. The molecule has 118 valence electrons. The van der Waals surface area contributed by atoms with E-state index in [1.165, 1.54) is 0 Å². The monoisotopic (exact) mass is 294 g/mol. The van der Waals surface area contributed by atoms with Gasteiger partial charge in [0.1, 0.15) is 0 Å². The van der Waals surface area contributed by atoms with Crippen molar-refractivity contribution in [3.63, 3.8) is 0 Å². The number of carbonyl (C=O) groups excluding carboxylic acids is 1. The molecule has 1 aromatic rings. The Labute approximate surface area is 126 Å². The largest absolute Gasteiger partial charge is 0.378 e. The van der Waals surface area contributed by atoms with Gasteiger partial charge in [-0.25, -0.2) is 0 Å². The van der Waals surface area contributed by atoms with Crippen molar-refractivity contribution < 1.29 is 9.53 Å². The maximum absolute atomic E-state index is 12.0. The van der Waals surface area contributed by atoms with Crippen LogP contribution in [0.3, 0.4) is 0 Å². The molecule has 1 saturated heterocycles. The Morgan fingerprint density at radius 1 is 1.57 bits per heavy atom. The number of aromatic nitrogens is 2. The molecule has 1 amide bonds. The minimum atomic E-state index is -0.0231.